The van der Waals surface area contributed by atoms with E-state index in [1.807, 2.05) is 0 Å². The highest BCUT2D eigenvalue weighted by molar-refractivity contribution is 7.47. The fourth-order valence-corrected chi connectivity index (χ4v) is 6.38. The molecule has 0 fully saturated rings. The Hall–Kier alpha value is -1.21. The number of carbonyl (C=O) groups excluding carboxylic acids is 2. The maximum atomic E-state index is 12.5. The van der Waals surface area contributed by atoms with Crippen molar-refractivity contribution in [1.29, 1.82) is 0 Å². The van der Waals surface area contributed by atoms with Gasteiger partial charge < -0.3 is 14.4 Å². The summed E-state index contributed by atoms with van der Waals surface area (Å²) in [5.41, 5.74) is 0. The van der Waals surface area contributed by atoms with Gasteiger partial charge in [0.25, 0.3) is 0 Å². The zero-order valence-electron chi connectivity index (χ0n) is 31.4. The van der Waals surface area contributed by atoms with E-state index >= 15 is 0 Å². The van der Waals surface area contributed by atoms with Gasteiger partial charge in [0, 0.05) is 12.8 Å². The van der Waals surface area contributed by atoms with Crippen LogP contribution in [0.15, 0.2) is 12.2 Å². The van der Waals surface area contributed by atoms with Gasteiger partial charge in [-0.25, -0.2) is 4.57 Å². The van der Waals surface area contributed by atoms with E-state index in [1.165, 1.54) is 116 Å². The smallest absolute Gasteiger partial charge is 0.462 e. The minimum atomic E-state index is -4.27. The van der Waals surface area contributed by atoms with Crippen molar-refractivity contribution in [2.45, 2.75) is 207 Å². The third-order valence-electron chi connectivity index (χ3n) is 8.57. The van der Waals surface area contributed by atoms with Crippen molar-refractivity contribution in [3.05, 3.63) is 12.2 Å². The van der Waals surface area contributed by atoms with Gasteiger partial charge in [-0.2, -0.15) is 0 Å². The summed E-state index contributed by atoms with van der Waals surface area (Å²) in [5.74, 6) is -0.800. The Balaban J connectivity index is 4.11. The Morgan fingerprint density at radius 1 is 0.542 bits per heavy atom. The van der Waals surface area contributed by atoms with E-state index in [-0.39, 0.29) is 32.0 Å². The lowest BCUT2D eigenvalue weighted by Crippen LogP contribution is -2.29. The molecule has 0 aliphatic rings. The Labute approximate surface area is 295 Å². The maximum Gasteiger partial charge on any atom is 0.472 e. The van der Waals surface area contributed by atoms with Crippen molar-refractivity contribution in [3.63, 3.8) is 0 Å². The molecule has 284 valence electrons. The van der Waals surface area contributed by atoms with E-state index in [4.69, 9.17) is 18.5 Å². The Morgan fingerprint density at radius 2 is 0.938 bits per heavy atom. The van der Waals surface area contributed by atoms with E-state index in [2.05, 4.69) is 26.0 Å². The average Bonchev–Trinajstić information content (AvgIpc) is 3.06. The molecular formula is C39H75O8P. The summed E-state index contributed by atoms with van der Waals surface area (Å²) in [4.78, 5) is 34.6. The van der Waals surface area contributed by atoms with Gasteiger partial charge in [0.2, 0.25) is 0 Å². The molecule has 0 saturated carbocycles. The van der Waals surface area contributed by atoms with Crippen molar-refractivity contribution >= 4 is 19.8 Å². The van der Waals surface area contributed by atoms with Crippen LogP contribution in [0.4, 0.5) is 0 Å². The van der Waals surface area contributed by atoms with Gasteiger partial charge >= 0.3 is 19.8 Å². The fraction of sp³-hybridized carbons (Fsp3) is 0.897. The Kier molecular flexibility index (Phi) is 34.7. The summed E-state index contributed by atoms with van der Waals surface area (Å²) in [5, 5.41) is 0. The minimum Gasteiger partial charge on any atom is -0.462 e. The second kappa shape index (κ2) is 35.6. The lowest BCUT2D eigenvalue weighted by Gasteiger charge is -2.19. The first-order chi connectivity index (χ1) is 23.3. The highest BCUT2D eigenvalue weighted by atomic mass is 31.2. The van der Waals surface area contributed by atoms with Crippen LogP contribution in [0.1, 0.15) is 201 Å². The van der Waals surface area contributed by atoms with E-state index in [1.54, 1.807) is 6.92 Å². The number of hydrogen-bond donors (Lipinski definition) is 1. The van der Waals surface area contributed by atoms with Crippen LogP contribution in [0.3, 0.4) is 0 Å². The van der Waals surface area contributed by atoms with Crippen molar-refractivity contribution in [2.75, 3.05) is 19.8 Å². The number of esters is 2. The van der Waals surface area contributed by atoms with Crippen molar-refractivity contribution in [1.82, 2.24) is 0 Å². The van der Waals surface area contributed by atoms with Crippen LogP contribution < -0.4 is 0 Å². The number of ether oxygens (including phenoxy) is 2. The average molecular weight is 703 g/mol. The van der Waals surface area contributed by atoms with Crippen LogP contribution in [0.25, 0.3) is 0 Å². The summed E-state index contributed by atoms with van der Waals surface area (Å²) in [6.07, 6.45) is 35.4. The van der Waals surface area contributed by atoms with E-state index < -0.39 is 26.5 Å². The lowest BCUT2D eigenvalue weighted by atomic mass is 10.0. The summed E-state index contributed by atoms with van der Waals surface area (Å²) < 4.78 is 32.5. The van der Waals surface area contributed by atoms with E-state index in [0.717, 1.165) is 51.4 Å². The molecule has 0 amide bonds. The van der Waals surface area contributed by atoms with Crippen LogP contribution in [0.2, 0.25) is 0 Å². The molecule has 0 aliphatic heterocycles. The van der Waals surface area contributed by atoms with Crippen LogP contribution >= 0.6 is 7.82 Å². The molecule has 2 atom stereocenters. The van der Waals surface area contributed by atoms with Gasteiger partial charge in [0.1, 0.15) is 6.61 Å². The molecule has 0 spiro atoms. The first kappa shape index (κ1) is 46.8. The predicted octanol–water partition coefficient (Wildman–Crippen LogP) is 12.1. The molecule has 8 nitrogen and oxygen atoms in total. The molecule has 48 heavy (non-hydrogen) atoms. The molecule has 0 aromatic rings. The largest absolute Gasteiger partial charge is 0.472 e. The normalized spacial score (nSPS) is 13.5. The molecule has 0 heterocycles. The first-order valence-electron chi connectivity index (χ1n) is 20.0. The monoisotopic (exact) mass is 703 g/mol. The number of hydrogen-bond acceptors (Lipinski definition) is 7. The SMILES string of the molecule is CCCCCCCC/C=C/CCCCCCCC(=O)OC[C@H](COP(=O)(O)OCC)OC(=O)CCCCCCCCCCCCCCC. The summed E-state index contributed by atoms with van der Waals surface area (Å²) in [7, 11) is -4.27. The maximum absolute atomic E-state index is 12.5. The first-order valence-corrected chi connectivity index (χ1v) is 21.5. The molecule has 9 heteroatoms. The van der Waals surface area contributed by atoms with Crippen LogP contribution in [-0.2, 0) is 32.7 Å². The highest BCUT2D eigenvalue weighted by Crippen LogP contribution is 2.43. The second-order valence-electron chi connectivity index (χ2n) is 13.3. The predicted molar refractivity (Wildman–Crippen MR) is 198 cm³/mol. The number of phosphoric ester groups is 1. The zero-order valence-corrected chi connectivity index (χ0v) is 32.3. The van der Waals surface area contributed by atoms with Crippen molar-refractivity contribution in [3.8, 4) is 0 Å². The summed E-state index contributed by atoms with van der Waals surface area (Å²) in [6, 6.07) is 0. The third-order valence-corrected chi connectivity index (χ3v) is 9.63. The van der Waals surface area contributed by atoms with Crippen LogP contribution in [0.5, 0.6) is 0 Å². The fourth-order valence-electron chi connectivity index (χ4n) is 5.62. The molecule has 1 unspecified atom stereocenters. The number of allylic oxidation sites excluding steroid dienone is 2. The number of rotatable bonds is 37. The molecule has 0 rings (SSSR count). The lowest BCUT2D eigenvalue weighted by molar-refractivity contribution is -0.161. The molecule has 0 aromatic carbocycles. The van der Waals surface area contributed by atoms with Gasteiger partial charge in [-0.05, 0) is 45.4 Å². The zero-order chi connectivity index (χ0) is 35.4. The number of phosphoric acid groups is 1. The van der Waals surface area contributed by atoms with Crippen LogP contribution in [-0.4, -0.2) is 42.8 Å². The molecule has 0 bridgehead atoms. The summed E-state index contributed by atoms with van der Waals surface area (Å²) in [6.45, 7) is 5.47. The molecule has 0 aliphatic carbocycles. The highest BCUT2D eigenvalue weighted by Gasteiger charge is 2.25. The Morgan fingerprint density at radius 3 is 1.38 bits per heavy atom. The van der Waals surface area contributed by atoms with Gasteiger partial charge in [-0.15, -0.1) is 0 Å². The van der Waals surface area contributed by atoms with Gasteiger partial charge in [0.05, 0.1) is 13.2 Å². The molecular weight excluding hydrogens is 627 g/mol. The minimum absolute atomic E-state index is 0.00220. The van der Waals surface area contributed by atoms with Crippen molar-refractivity contribution < 1.29 is 37.6 Å². The molecule has 0 aromatic heterocycles. The van der Waals surface area contributed by atoms with E-state index in [9.17, 15) is 19.0 Å². The van der Waals surface area contributed by atoms with E-state index in [0.29, 0.717) is 0 Å². The summed E-state index contributed by atoms with van der Waals surface area (Å²) >= 11 is 0. The Bertz CT molecular complexity index is 803. The van der Waals surface area contributed by atoms with Gasteiger partial charge in [-0.3, -0.25) is 18.6 Å². The molecule has 0 radical (unpaired) electrons. The van der Waals surface area contributed by atoms with Crippen molar-refractivity contribution in [2.24, 2.45) is 0 Å². The van der Waals surface area contributed by atoms with Gasteiger partial charge in [-0.1, -0.05) is 154 Å². The number of carbonyl (C=O) groups is 2. The third kappa shape index (κ3) is 34.6. The second-order valence-corrected chi connectivity index (χ2v) is 14.8. The molecule has 0 saturated heterocycles. The topological polar surface area (TPSA) is 108 Å². The quantitative estimate of drug-likeness (QED) is 0.0295. The van der Waals surface area contributed by atoms with Crippen LogP contribution in [0, 0.1) is 0 Å². The standard InChI is InChI=1S/C39H75O8P/c1-4-7-9-11-13-15-17-19-20-22-23-25-27-29-31-33-38(40)44-35-37(36-46-48(42,43)45-6-3)47-39(41)34-32-30-28-26-24-21-18-16-14-12-10-8-5-2/h19-20,37H,4-18,21-36H2,1-3H3,(H,42,43)/b20-19+/t37-/m1/s1. The molecule has 1 N–H and O–H groups in total. The van der Waals surface area contributed by atoms with Gasteiger partial charge in [0.15, 0.2) is 6.10 Å². The number of unbranched alkanes of at least 4 members (excludes halogenated alkanes) is 23.